The van der Waals surface area contributed by atoms with Crippen LogP contribution >= 0.6 is 0 Å². The molecule has 29 heavy (non-hydrogen) atoms. The van der Waals surface area contributed by atoms with Crippen molar-refractivity contribution in [2.45, 2.75) is 25.0 Å². The van der Waals surface area contributed by atoms with E-state index in [1.54, 1.807) is 35.2 Å². The largest absolute Gasteiger partial charge is 0.368 e. The molecule has 0 spiro atoms. The van der Waals surface area contributed by atoms with Crippen LogP contribution in [0, 0.1) is 5.82 Å². The molecular formula is C22H24FN3O3. The number of amides is 2. The topological polar surface area (TPSA) is 70.7 Å². The molecule has 6 nitrogen and oxygen atoms in total. The van der Waals surface area contributed by atoms with E-state index in [0.717, 1.165) is 12.0 Å². The van der Waals surface area contributed by atoms with Crippen LogP contribution in [0.1, 0.15) is 34.8 Å². The highest BCUT2D eigenvalue weighted by molar-refractivity contribution is 5.98. The summed E-state index contributed by atoms with van der Waals surface area (Å²) in [5.41, 5.74) is 1.81. The second kappa shape index (κ2) is 8.71. The number of nitrogens with one attached hydrogen (secondary N) is 2. The van der Waals surface area contributed by atoms with Crippen molar-refractivity contribution in [3.8, 4) is 0 Å². The molecule has 0 radical (unpaired) electrons. The van der Waals surface area contributed by atoms with Crippen LogP contribution in [0.25, 0.3) is 0 Å². The maximum atomic E-state index is 13.7. The number of benzene rings is 2. The van der Waals surface area contributed by atoms with E-state index in [-0.39, 0.29) is 23.7 Å². The predicted octanol–water partition coefficient (Wildman–Crippen LogP) is 2.73. The Hall–Kier alpha value is -2.77. The molecule has 0 bridgehead atoms. The first-order valence-electron chi connectivity index (χ1n) is 9.91. The van der Waals surface area contributed by atoms with Gasteiger partial charge in [-0.25, -0.2) is 4.39 Å². The van der Waals surface area contributed by atoms with Crippen molar-refractivity contribution in [1.82, 2.24) is 10.2 Å². The number of anilines is 1. The number of hydrogen-bond donors (Lipinski definition) is 2. The molecular weight excluding hydrogens is 373 g/mol. The van der Waals surface area contributed by atoms with Gasteiger partial charge in [-0.2, -0.15) is 0 Å². The first-order chi connectivity index (χ1) is 14.1. The van der Waals surface area contributed by atoms with E-state index in [1.807, 2.05) is 6.07 Å². The molecule has 2 atom stereocenters. The van der Waals surface area contributed by atoms with Crippen LogP contribution in [0.15, 0.2) is 48.5 Å². The second-order valence-electron chi connectivity index (χ2n) is 7.35. The Balaban J connectivity index is 1.52. The molecule has 152 valence electrons. The zero-order valence-corrected chi connectivity index (χ0v) is 16.1. The van der Waals surface area contributed by atoms with E-state index in [4.69, 9.17) is 4.74 Å². The third-order valence-electron chi connectivity index (χ3n) is 5.34. The summed E-state index contributed by atoms with van der Waals surface area (Å²) < 4.78 is 19.1. The van der Waals surface area contributed by atoms with E-state index in [0.29, 0.717) is 43.9 Å². The average molecular weight is 397 g/mol. The summed E-state index contributed by atoms with van der Waals surface area (Å²) in [7, 11) is 0. The highest BCUT2D eigenvalue weighted by Crippen LogP contribution is 2.26. The van der Waals surface area contributed by atoms with Gasteiger partial charge in [-0.3, -0.25) is 9.59 Å². The molecule has 0 aliphatic carbocycles. The van der Waals surface area contributed by atoms with Crippen LogP contribution in [0.3, 0.4) is 0 Å². The number of rotatable bonds is 4. The Bertz CT molecular complexity index is 898. The van der Waals surface area contributed by atoms with Crippen LogP contribution < -0.4 is 10.6 Å². The molecule has 2 unspecified atom stereocenters. The molecule has 2 N–H and O–H groups in total. The normalized spacial score (nSPS) is 21.8. The van der Waals surface area contributed by atoms with E-state index in [2.05, 4.69) is 10.6 Å². The lowest BCUT2D eigenvalue weighted by Gasteiger charge is -2.36. The van der Waals surface area contributed by atoms with Gasteiger partial charge in [-0.1, -0.05) is 18.2 Å². The van der Waals surface area contributed by atoms with Crippen LogP contribution in [-0.4, -0.2) is 49.1 Å². The summed E-state index contributed by atoms with van der Waals surface area (Å²) in [6.07, 6.45) is 1.15. The molecule has 7 heteroatoms. The van der Waals surface area contributed by atoms with E-state index < -0.39 is 6.10 Å². The summed E-state index contributed by atoms with van der Waals surface area (Å²) in [6.45, 7) is 2.35. The summed E-state index contributed by atoms with van der Waals surface area (Å²) in [5.74, 6) is -0.653. The lowest BCUT2D eigenvalue weighted by atomic mass is 10.0. The van der Waals surface area contributed by atoms with E-state index >= 15 is 0 Å². The molecule has 4 rings (SSSR count). The van der Waals surface area contributed by atoms with Gasteiger partial charge in [-0.05, 0) is 48.7 Å². The Morgan fingerprint density at radius 1 is 1.17 bits per heavy atom. The fourth-order valence-corrected chi connectivity index (χ4v) is 3.86. The van der Waals surface area contributed by atoms with Crippen LogP contribution in [0.5, 0.6) is 0 Å². The lowest BCUT2D eigenvalue weighted by Crippen LogP contribution is -2.48. The monoisotopic (exact) mass is 397 g/mol. The summed E-state index contributed by atoms with van der Waals surface area (Å²) in [4.78, 5) is 27.3. The average Bonchev–Trinajstić information content (AvgIpc) is 3.29. The Morgan fingerprint density at radius 3 is 2.83 bits per heavy atom. The SMILES string of the molecule is O=C(Nc1cccc(C(=O)N2CCNCC2c2cccc(F)c2)c1)C1CCCO1. The van der Waals surface area contributed by atoms with Crippen molar-refractivity contribution in [2.75, 3.05) is 31.6 Å². The summed E-state index contributed by atoms with van der Waals surface area (Å²) >= 11 is 0. The third kappa shape index (κ3) is 4.46. The Morgan fingerprint density at radius 2 is 2.03 bits per heavy atom. The maximum Gasteiger partial charge on any atom is 0.254 e. The minimum atomic E-state index is -0.431. The van der Waals surface area contributed by atoms with Crippen molar-refractivity contribution in [3.63, 3.8) is 0 Å². The first-order valence-corrected chi connectivity index (χ1v) is 9.91. The first kappa shape index (κ1) is 19.5. The van der Waals surface area contributed by atoms with Gasteiger partial charge in [0.1, 0.15) is 11.9 Å². The predicted molar refractivity (Wildman–Crippen MR) is 107 cm³/mol. The molecule has 2 aromatic rings. The number of carbonyl (C=O) groups excluding carboxylic acids is 2. The number of hydrogen-bond acceptors (Lipinski definition) is 4. The van der Waals surface area contributed by atoms with Gasteiger partial charge in [0.15, 0.2) is 0 Å². The van der Waals surface area contributed by atoms with Crippen LogP contribution in [0.4, 0.5) is 10.1 Å². The number of ether oxygens (including phenoxy) is 1. The zero-order valence-electron chi connectivity index (χ0n) is 16.1. The summed E-state index contributed by atoms with van der Waals surface area (Å²) in [6, 6.07) is 13.0. The fraction of sp³-hybridized carbons (Fsp3) is 0.364. The van der Waals surface area contributed by atoms with Gasteiger partial charge in [0.05, 0.1) is 6.04 Å². The smallest absolute Gasteiger partial charge is 0.254 e. The van der Waals surface area contributed by atoms with Gasteiger partial charge in [0, 0.05) is 37.5 Å². The molecule has 0 saturated carbocycles. The lowest BCUT2D eigenvalue weighted by molar-refractivity contribution is -0.124. The van der Waals surface area contributed by atoms with E-state index in [1.165, 1.54) is 12.1 Å². The molecule has 2 aliphatic heterocycles. The van der Waals surface area contributed by atoms with Gasteiger partial charge >= 0.3 is 0 Å². The molecule has 2 saturated heterocycles. The van der Waals surface area contributed by atoms with Crippen molar-refractivity contribution < 1.29 is 18.7 Å². The van der Waals surface area contributed by atoms with Crippen LogP contribution in [-0.2, 0) is 9.53 Å². The summed E-state index contributed by atoms with van der Waals surface area (Å²) in [5, 5.41) is 6.11. The van der Waals surface area contributed by atoms with Crippen molar-refractivity contribution in [2.24, 2.45) is 0 Å². The second-order valence-corrected chi connectivity index (χ2v) is 7.35. The molecule has 2 aliphatic rings. The Labute approximate surface area is 169 Å². The van der Waals surface area contributed by atoms with Gasteiger partial charge in [-0.15, -0.1) is 0 Å². The van der Waals surface area contributed by atoms with Gasteiger partial charge in [0.2, 0.25) is 0 Å². The fourth-order valence-electron chi connectivity index (χ4n) is 3.86. The minimum absolute atomic E-state index is 0.144. The van der Waals surface area contributed by atoms with Gasteiger partial charge < -0.3 is 20.3 Å². The maximum absolute atomic E-state index is 13.7. The van der Waals surface area contributed by atoms with Crippen LogP contribution in [0.2, 0.25) is 0 Å². The number of nitrogens with zero attached hydrogens (tertiary/aromatic N) is 1. The molecule has 2 heterocycles. The number of piperazine rings is 1. The minimum Gasteiger partial charge on any atom is -0.368 e. The third-order valence-corrected chi connectivity index (χ3v) is 5.34. The van der Waals surface area contributed by atoms with E-state index in [9.17, 15) is 14.0 Å². The van der Waals surface area contributed by atoms with Crippen molar-refractivity contribution in [1.29, 1.82) is 0 Å². The molecule has 2 aromatic carbocycles. The highest BCUT2D eigenvalue weighted by atomic mass is 19.1. The zero-order chi connectivity index (χ0) is 20.2. The quantitative estimate of drug-likeness (QED) is 0.832. The standard InChI is InChI=1S/C22H24FN3O3/c23-17-6-1-4-15(12-17)19-14-24-9-10-26(19)22(28)16-5-2-7-18(13-16)25-21(27)20-8-3-11-29-20/h1-2,4-7,12-13,19-20,24H,3,8-11,14H2,(H,25,27). The highest BCUT2D eigenvalue weighted by Gasteiger charge is 2.29. The molecule has 0 aromatic heterocycles. The Kier molecular flexibility index (Phi) is 5.87. The number of halogens is 1. The number of carbonyl (C=O) groups is 2. The molecule has 2 amide bonds. The van der Waals surface area contributed by atoms with Crippen molar-refractivity contribution >= 4 is 17.5 Å². The molecule has 2 fully saturated rings. The van der Waals surface area contributed by atoms with Crippen molar-refractivity contribution in [3.05, 3.63) is 65.5 Å². The van der Waals surface area contributed by atoms with Gasteiger partial charge in [0.25, 0.3) is 11.8 Å².